The van der Waals surface area contributed by atoms with Crippen LogP contribution in [-0.2, 0) is 4.74 Å². The van der Waals surface area contributed by atoms with E-state index in [1.165, 1.54) is 0 Å². The Morgan fingerprint density at radius 3 is 2.75 bits per heavy atom. The molecule has 1 radical (unpaired) electrons. The smallest absolute Gasteiger partial charge is 0.113 e. The van der Waals surface area contributed by atoms with E-state index in [1.54, 1.807) is 0 Å². The lowest BCUT2D eigenvalue weighted by molar-refractivity contribution is 0.0702. The first-order valence-corrected chi connectivity index (χ1v) is 2.82. The minimum atomic E-state index is -0.411. The number of hydrogen-bond donors (Lipinski definition) is 0. The van der Waals surface area contributed by atoms with Crippen LogP contribution in [0.2, 0.25) is 0 Å². The zero-order valence-corrected chi connectivity index (χ0v) is 5.19. The fourth-order valence-electron chi connectivity index (χ4n) is 0.329. The predicted octanol–water partition coefficient (Wildman–Crippen LogP) is 1.59. The van der Waals surface area contributed by atoms with Crippen molar-refractivity contribution in [3.05, 3.63) is 6.92 Å². The molecule has 0 aromatic heterocycles. The van der Waals surface area contributed by atoms with E-state index in [0.29, 0.717) is 0 Å². The molecule has 0 aliphatic rings. The standard InChI is InChI=1S/C6H12FO/c1-3-6(2)8-5-4-7/h6H,2-5H2,1H3. The van der Waals surface area contributed by atoms with Gasteiger partial charge in [-0.2, -0.15) is 0 Å². The van der Waals surface area contributed by atoms with Crippen LogP contribution >= 0.6 is 0 Å². The molecule has 2 heteroatoms. The first kappa shape index (κ1) is 7.89. The summed E-state index contributed by atoms with van der Waals surface area (Å²) in [5.41, 5.74) is 0. The van der Waals surface area contributed by atoms with Gasteiger partial charge in [0, 0.05) is 0 Å². The van der Waals surface area contributed by atoms with Crippen LogP contribution < -0.4 is 0 Å². The second-order valence-electron chi connectivity index (χ2n) is 1.59. The average molecular weight is 119 g/mol. The molecule has 0 aliphatic heterocycles. The van der Waals surface area contributed by atoms with Crippen LogP contribution in [0.15, 0.2) is 0 Å². The fraction of sp³-hybridized carbons (Fsp3) is 0.833. The van der Waals surface area contributed by atoms with Crippen LogP contribution in [0.25, 0.3) is 0 Å². The molecular weight excluding hydrogens is 107 g/mol. The molecule has 0 rings (SSSR count). The molecule has 1 atom stereocenters. The van der Waals surface area contributed by atoms with Crippen molar-refractivity contribution in [2.75, 3.05) is 13.3 Å². The Bertz CT molecular complexity index is 47.8. The Morgan fingerprint density at radius 2 is 2.38 bits per heavy atom. The molecule has 1 nitrogen and oxygen atoms in total. The van der Waals surface area contributed by atoms with Gasteiger partial charge in [0.2, 0.25) is 0 Å². The van der Waals surface area contributed by atoms with Crippen molar-refractivity contribution in [1.82, 2.24) is 0 Å². The Hall–Kier alpha value is -0.110. The highest BCUT2D eigenvalue weighted by atomic mass is 19.1. The molecule has 8 heavy (non-hydrogen) atoms. The van der Waals surface area contributed by atoms with Gasteiger partial charge in [-0.15, -0.1) is 0 Å². The highest BCUT2D eigenvalue weighted by molar-refractivity contribution is 4.54. The van der Waals surface area contributed by atoms with Crippen LogP contribution in [0, 0.1) is 6.92 Å². The van der Waals surface area contributed by atoms with Crippen molar-refractivity contribution in [2.45, 2.75) is 19.4 Å². The summed E-state index contributed by atoms with van der Waals surface area (Å²) in [4.78, 5) is 0. The Kier molecular flexibility index (Phi) is 4.97. The molecular formula is C6H12FO. The molecule has 0 amide bonds. The van der Waals surface area contributed by atoms with E-state index in [1.807, 2.05) is 6.92 Å². The van der Waals surface area contributed by atoms with Crippen molar-refractivity contribution in [3.8, 4) is 0 Å². The van der Waals surface area contributed by atoms with E-state index in [9.17, 15) is 4.39 Å². The number of rotatable bonds is 4. The Balaban J connectivity index is 2.86. The van der Waals surface area contributed by atoms with Crippen LogP contribution in [0.1, 0.15) is 13.3 Å². The predicted molar refractivity (Wildman–Crippen MR) is 31.4 cm³/mol. The van der Waals surface area contributed by atoms with Crippen molar-refractivity contribution >= 4 is 0 Å². The van der Waals surface area contributed by atoms with E-state index in [2.05, 4.69) is 6.92 Å². The summed E-state index contributed by atoms with van der Waals surface area (Å²) in [6.45, 7) is 5.33. The molecule has 1 unspecified atom stereocenters. The van der Waals surface area contributed by atoms with Crippen LogP contribution in [-0.4, -0.2) is 19.4 Å². The van der Waals surface area contributed by atoms with E-state index in [-0.39, 0.29) is 12.7 Å². The molecule has 0 aromatic rings. The first-order valence-electron chi connectivity index (χ1n) is 2.82. The summed E-state index contributed by atoms with van der Waals surface area (Å²) < 4.78 is 16.2. The maximum Gasteiger partial charge on any atom is 0.113 e. The van der Waals surface area contributed by atoms with Gasteiger partial charge in [-0.1, -0.05) is 6.92 Å². The van der Waals surface area contributed by atoms with E-state index in [0.717, 1.165) is 6.42 Å². The SMILES string of the molecule is [CH2]C(CC)OCCF. The van der Waals surface area contributed by atoms with Gasteiger partial charge in [0.1, 0.15) is 6.67 Å². The van der Waals surface area contributed by atoms with Gasteiger partial charge in [0.05, 0.1) is 12.7 Å². The number of hydrogen-bond acceptors (Lipinski definition) is 1. The average Bonchev–Trinajstić information content (AvgIpc) is 1.83. The third-order valence-corrected chi connectivity index (χ3v) is 0.886. The topological polar surface area (TPSA) is 9.23 Å². The van der Waals surface area contributed by atoms with Crippen LogP contribution in [0.4, 0.5) is 4.39 Å². The van der Waals surface area contributed by atoms with Gasteiger partial charge in [-0.3, -0.25) is 0 Å². The summed E-state index contributed by atoms with van der Waals surface area (Å²) in [6.07, 6.45) is 0.811. The summed E-state index contributed by atoms with van der Waals surface area (Å²) in [5, 5.41) is 0. The molecule has 0 N–H and O–H groups in total. The molecule has 0 bridgehead atoms. The monoisotopic (exact) mass is 119 g/mol. The summed E-state index contributed by atoms with van der Waals surface area (Å²) in [7, 11) is 0. The highest BCUT2D eigenvalue weighted by Crippen LogP contribution is 1.93. The van der Waals surface area contributed by atoms with Gasteiger partial charge in [-0.25, -0.2) is 4.39 Å². The third-order valence-electron chi connectivity index (χ3n) is 0.886. The molecule has 0 aliphatic carbocycles. The highest BCUT2D eigenvalue weighted by Gasteiger charge is 1.95. The summed E-state index contributed by atoms with van der Waals surface area (Å²) in [5.74, 6) is 0. The number of alkyl halides is 1. The summed E-state index contributed by atoms with van der Waals surface area (Å²) >= 11 is 0. The normalized spacial score (nSPS) is 13.9. The zero-order chi connectivity index (χ0) is 6.41. The third kappa shape index (κ3) is 4.06. The maximum atomic E-state index is 11.3. The van der Waals surface area contributed by atoms with E-state index >= 15 is 0 Å². The van der Waals surface area contributed by atoms with Crippen LogP contribution in [0.3, 0.4) is 0 Å². The molecule has 0 spiro atoms. The lowest BCUT2D eigenvalue weighted by atomic mass is 10.3. The minimum Gasteiger partial charge on any atom is -0.376 e. The van der Waals surface area contributed by atoms with E-state index in [4.69, 9.17) is 4.74 Å². The van der Waals surface area contributed by atoms with Gasteiger partial charge in [0.25, 0.3) is 0 Å². The second-order valence-corrected chi connectivity index (χ2v) is 1.59. The van der Waals surface area contributed by atoms with Crippen molar-refractivity contribution < 1.29 is 9.13 Å². The Labute approximate surface area is 49.8 Å². The number of halogens is 1. The molecule has 0 saturated heterocycles. The molecule has 0 aromatic carbocycles. The summed E-state index contributed by atoms with van der Waals surface area (Å²) in [6, 6.07) is 0. The van der Waals surface area contributed by atoms with Gasteiger partial charge in [-0.05, 0) is 13.3 Å². The first-order chi connectivity index (χ1) is 3.81. The lowest BCUT2D eigenvalue weighted by Gasteiger charge is -2.06. The Morgan fingerprint density at radius 1 is 1.75 bits per heavy atom. The van der Waals surface area contributed by atoms with E-state index < -0.39 is 6.67 Å². The molecule has 49 valence electrons. The number of ether oxygens (including phenoxy) is 1. The largest absolute Gasteiger partial charge is 0.376 e. The molecule has 0 heterocycles. The fourth-order valence-corrected chi connectivity index (χ4v) is 0.329. The zero-order valence-electron chi connectivity index (χ0n) is 5.19. The van der Waals surface area contributed by atoms with Crippen molar-refractivity contribution in [3.63, 3.8) is 0 Å². The van der Waals surface area contributed by atoms with Crippen molar-refractivity contribution in [1.29, 1.82) is 0 Å². The minimum absolute atomic E-state index is 0.0363. The molecule has 0 fully saturated rings. The van der Waals surface area contributed by atoms with Gasteiger partial charge < -0.3 is 4.74 Å². The lowest BCUT2D eigenvalue weighted by Crippen LogP contribution is -2.08. The maximum absolute atomic E-state index is 11.3. The van der Waals surface area contributed by atoms with Gasteiger partial charge >= 0.3 is 0 Å². The van der Waals surface area contributed by atoms with Crippen molar-refractivity contribution in [2.24, 2.45) is 0 Å². The quantitative estimate of drug-likeness (QED) is 0.546. The van der Waals surface area contributed by atoms with Crippen LogP contribution in [0.5, 0.6) is 0 Å². The molecule has 0 saturated carbocycles. The second kappa shape index (κ2) is 5.04. The van der Waals surface area contributed by atoms with Gasteiger partial charge in [0.15, 0.2) is 0 Å².